The van der Waals surface area contributed by atoms with Gasteiger partial charge in [-0.2, -0.15) is 0 Å². The molecule has 4 heteroatoms. The van der Waals surface area contributed by atoms with E-state index in [1.807, 2.05) is 12.1 Å². The van der Waals surface area contributed by atoms with Crippen molar-refractivity contribution in [1.29, 1.82) is 0 Å². The fraction of sp³-hybridized carbons (Fsp3) is 0.462. The van der Waals surface area contributed by atoms with Gasteiger partial charge in [-0.3, -0.25) is 4.99 Å². The molecule has 1 aromatic rings. The topological polar surface area (TPSA) is 41.6 Å². The molecule has 2 N–H and O–H groups in total. The number of hydrogen-bond acceptors (Lipinski definition) is 3. The van der Waals surface area contributed by atoms with E-state index in [-0.39, 0.29) is 0 Å². The molecule has 0 spiro atoms. The van der Waals surface area contributed by atoms with E-state index in [9.17, 15) is 0 Å². The minimum atomic E-state index is 0.390. The molecule has 0 aliphatic carbocycles. The first kappa shape index (κ1) is 12.4. The van der Waals surface area contributed by atoms with E-state index in [0.717, 1.165) is 23.1 Å². The van der Waals surface area contributed by atoms with Crippen LogP contribution in [-0.2, 0) is 0 Å². The first-order valence-corrected chi connectivity index (χ1v) is 6.77. The standard InChI is InChI=1S/C13H18BrN3/c1-3-9(2)12-8-16-13(15)17(12)11-6-4-10(14)5-7-11/h4-7,9,12H,3,8H2,1-2H3,(H2,15,16). The van der Waals surface area contributed by atoms with Crippen molar-refractivity contribution in [2.75, 3.05) is 11.4 Å². The van der Waals surface area contributed by atoms with Gasteiger partial charge in [0.05, 0.1) is 12.6 Å². The molecular formula is C13H18BrN3. The van der Waals surface area contributed by atoms with E-state index < -0.39 is 0 Å². The Labute approximate surface area is 111 Å². The van der Waals surface area contributed by atoms with Crippen molar-refractivity contribution < 1.29 is 0 Å². The molecule has 92 valence electrons. The smallest absolute Gasteiger partial charge is 0.196 e. The molecule has 2 unspecified atom stereocenters. The second-order valence-corrected chi connectivity index (χ2v) is 5.41. The Balaban J connectivity index is 2.27. The van der Waals surface area contributed by atoms with Crippen LogP contribution in [-0.4, -0.2) is 18.5 Å². The zero-order valence-electron chi connectivity index (χ0n) is 10.2. The number of nitrogens with zero attached hydrogens (tertiary/aromatic N) is 2. The quantitative estimate of drug-likeness (QED) is 0.931. The van der Waals surface area contributed by atoms with Crippen LogP contribution in [0.15, 0.2) is 33.7 Å². The Morgan fingerprint density at radius 1 is 1.47 bits per heavy atom. The molecule has 0 saturated heterocycles. The minimum Gasteiger partial charge on any atom is -0.370 e. The average molecular weight is 296 g/mol. The van der Waals surface area contributed by atoms with Crippen LogP contribution in [0.2, 0.25) is 0 Å². The Morgan fingerprint density at radius 2 is 2.12 bits per heavy atom. The molecule has 0 radical (unpaired) electrons. The number of benzene rings is 1. The van der Waals surface area contributed by atoms with Crippen LogP contribution < -0.4 is 10.6 Å². The average Bonchev–Trinajstić information content (AvgIpc) is 2.71. The van der Waals surface area contributed by atoms with Gasteiger partial charge in [-0.15, -0.1) is 0 Å². The molecule has 1 heterocycles. The van der Waals surface area contributed by atoms with E-state index >= 15 is 0 Å². The second-order valence-electron chi connectivity index (χ2n) is 4.50. The predicted molar refractivity (Wildman–Crippen MR) is 76.4 cm³/mol. The van der Waals surface area contributed by atoms with Gasteiger partial charge >= 0.3 is 0 Å². The summed E-state index contributed by atoms with van der Waals surface area (Å²) in [6, 6.07) is 8.62. The lowest BCUT2D eigenvalue weighted by Gasteiger charge is -2.30. The van der Waals surface area contributed by atoms with Crippen molar-refractivity contribution in [2.24, 2.45) is 16.6 Å². The summed E-state index contributed by atoms with van der Waals surface area (Å²) in [4.78, 5) is 6.53. The van der Waals surface area contributed by atoms with Gasteiger partial charge in [0, 0.05) is 10.2 Å². The molecule has 1 aliphatic rings. The highest BCUT2D eigenvalue weighted by Crippen LogP contribution is 2.27. The summed E-state index contributed by atoms with van der Waals surface area (Å²) in [5, 5.41) is 0. The number of guanidine groups is 1. The van der Waals surface area contributed by atoms with Crippen LogP contribution in [0.5, 0.6) is 0 Å². The minimum absolute atomic E-state index is 0.390. The number of aliphatic imine (C=N–C) groups is 1. The normalized spacial score (nSPS) is 21.5. The van der Waals surface area contributed by atoms with Crippen LogP contribution in [0.25, 0.3) is 0 Å². The molecule has 17 heavy (non-hydrogen) atoms. The number of halogens is 1. The lowest BCUT2D eigenvalue weighted by Crippen LogP contribution is -2.44. The van der Waals surface area contributed by atoms with E-state index in [0.29, 0.717) is 17.9 Å². The van der Waals surface area contributed by atoms with Crippen LogP contribution in [0.4, 0.5) is 5.69 Å². The fourth-order valence-corrected chi connectivity index (χ4v) is 2.41. The summed E-state index contributed by atoms with van der Waals surface area (Å²) in [7, 11) is 0. The Morgan fingerprint density at radius 3 is 2.71 bits per heavy atom. The molecule has 1 aromatic carbocycles. The SMILES string of the molecule is CCC(C)C1CN=C(N)N1c1ccc(Br)cc1. The zero-order chi connectivity index (χ0) is 12.4. The molecule has 0 bridgehead atoms. The van der Waals surface area contributed by atoms with Crippen LogP contribution in [0.3, 0.4) is 0 Å². The second kappa shape index (κ2) is 5.08. The first-order chi connectivity index (χ1) is 8.13. The van der Waals surface area contributed by atoms with Gasteiger partial charge in [-0.25, -0.2) is 0 Å². The highest BCUT2D eigenvalue weighted by Gasteiger charge is 2.30. The monoisotopic (exact) mass is 295 g/mol. The van der Waals surface area contributed by atoms with E-state index in [1.54, 1.807) is 0 Å². The molecule has 2 atom stereocenters. The molecule has 0 aromatic heterocycles. The van der Waals surface area contributed by atoms with Gasteiger partial charge in [-0.05, 0) is 30.2 Å². The van der Waals surface area contributed by atoms with Crippen molar-refractivity contribution in [2.45, 2.75) is 26.3 Å². The fourth-order valence-electron chi connectivity index (χ4n) is 2.15. The first-order valence-electron chi connectivity index (χ1n) is 5.98. The summed E-state index contributed by atoms with van der Waals surface area (Å²) < 4.78 is 1.08. The molecule has 0 amide bonds. The van der Waals surface area contributed by atoms with Crippen LogP contribution in [0.1, 0.15) is 20.3 Å². The van der Waals surface area contributed by atoms with E-state index in [1.165, 1.54) is 0 Å². The predicted octanol–water partition coefficient (Wildman–Crippen LogP) is 3.00. The summed E-state index contributed by atoms with van der Waals surface area (Å²) in [5.41, 5.74) is 7.12. The third kappa shape index (κ3) is 2.46. The third-order valence-corrected chi connectivity index (χ3v) is 3.95. The summed E-state index contributed by atoms with van der Waals surface area (Å²) in [5.74, 6) is 1.22. The Kier molecular flexibility index (Phi) is 3.72. The largest absolute Gasteiger partial charge is 0.370 e. The zero-order valence-corrected chi connectivity index (χ0v) is 11.8. The summed E-state index contributed by atoms with van der Waals surface area (Å²) in [6.45, 7) is 5.26. The number of anilines is 1. The maximum atomic E-state index is 6.00. The van der Waals surface area contributed by atoms with Crippen molar-refractivity contribution in [1.82, 2.24) is 0 Å². The lowest BCUT2D eigenvalue weighted by molar-refractivity contribution is 0.462. The van der Waals surface area contributed by atoms with Crippen molar-refractivity contribution in [3.05, 3.63) is 28.7 Å². The van der Waals surface area contributed by atoms with Gasteiger partial charge in [0.2, 0.25) is 0 Å². The van der Waals surface area contributed by atoms with Crippen molar-refractivity contribution in [3.63, 3.8) is 0 Å². The van der Waals surface area contributed by atoms with Gasteiger partial charge in [0.25, 0.3) is 0 Å². The molecule has 0 saturated carbocycles. The molecule has 1 aliphatic heterocycles. The van der Waals surface area contributed by atoms with Crippen LogP contribution >= 0.6 is 15.9 Å². The van der Waals surface area contributed by atoms with Crippen molar-refractivity contribution in [3.8, 4) is 0 Å². The van der Waals surface area contributed by atoms with E-state index in [2.05, 4.69) is 51.8 Å². The lowest BCUT2D eigenvalue weighted by atomic mass is 9.98. The van der Waals surface area contributed by atoms with Gasteiger partial charge in [-0.1, -0.05) is 36.2 Å². The molecular weight excluding hydrogens is 278 g/mol. The maximum absolute atomic E-state index is 6.00. The molecule has 2 rings (SSSR count). The molecule has 3 nitrogen and oxygen atoms in total. The number of hydrogen-bond donors (Lipinski definition) is 1. The summed E-state index contributed by atoms with van der Waals surface area (Å²) in [6.07, 6.45) is 1.14. The molecule has 0 fully saturated rings. The number of nitrogens with two attached hydrogens (primary N) is 1. The highest BCUT2D eigenvalue weighted by molar-refractivity contribution is 9.10. The van der Waals surface area contributed by atoms with Gasteiger partial charge in [0.15, 0.2) is 5.96 Å². The third-order valence-electron chi connectivity index (χ3n) is 3.42. The van der Waals surface area contributed by atoms with Crippen molar-refractivity contribution >= 4 is 27.6 Å². The van der Waals surface area contributed by atoms with Gasteiger partial charge < -0.3 is 10.6 Å². The highest BCUT2D eigenvalue weighted by atomic mass is 79.9. The Hall–Kier alpha value is -1.03. The maximum Gasteiger partial charge on any atom is 0.196 e. The van der Waals surface area contributed by atoms with Crippen LogP contribution in [0, 0.1) is 5.92 Å². The summed E-state index contributed by atoms with van der Waals surface area (Å²) >= 11 is 3.45. The van der Waals surface area contributed by atoms with Gasteiger partial charge in [0.1, 0.15) is 0 Å². The Bertz CT molecular complexity index is 413. The van der Waals surface area contributed by atoms with E-state index in [4.69, 9.17) is 5.73 Å². The number of rotatable bonds is 3.